The molecule has 2 heterocycles. The third-order valence-electron chi connectivity index (χ3n) is 4.87. The molecule has 0 bridgehead atoms. The van der Waals surface area contributed by atoms with Gasteiger partial charge in [-0.05, 0) is 31.7 Å². The van der Waals surface area contributed by atoms with E-state index in [2.05, 4.69) is 14.9 Å². The summed E-state index contributed by atoms with van der Waals surface area (Å²) in [4.78, 5) is 11.8. The van der Waals surface area contributed by atoms with E-state index >= 15 is 0 Å². The lowest BCUT2D eigenvalue weighted by Crippen LogP contribution is -2.21. The second-order valence-corrected chi connectivity index (χ2v) is 6.63. The van der Waals surface area contributed by atoms with Gasteiger partial charge in [-0.3, -0.25) is 4.90 Å². The van der Waals surface area contributed by atoms with Gasteiger partial charge in [-0.25, -0.2) is 9.97 Å². The fourth-order valence-electron chi connectivity index (χ4n) is 3.70. The van der Waals surface area contributed by atoms with Gasteiger partial charge in [0.2, 0.25) is 0 Å². The van der Waals surface area contributed by atoms with E-state index in [9.17, 15) is 0 Å². The fourth-order valence-corrected chi connectivity index (χ4v) is 3.70. The molecule has 0 spiro atoms. The summed E-state index contributed by atoms with van der Waals surface area (Å²) >= 11 is 0. The van der Waals surface area contributed by atoms with Crippen LogP contribution < -0.4 is 0 Å². The molecule has 1 aliphatic heterocycles. The van der Waals surface area contributed by atoms with Gasteiger partial charge in [0.05, 0.1) is 6.61 Å². The van der Waals surface area contributed by atoms with Crippen LogP contribution in [0.2, 0.25) is 0 Å². The highest BCUT2D eigenvalue weighted by molar-refractivity contribution is 5.08. The molecule has 4 nitrogen and oxygen atoms in total. The molecular formula is C17H27N3O. The quantitative estimate of drug-likeness (QED) is 0.835. The minimum absolute atomic E-state index is 0.602. The van der Waals surface area contributed by atoms with Crippen LogP contribution in [0.3, 0.4) is 0 Å². The molecule has 2 aliphatic rings. The van der Waals surface area contributed by atoms with Gasteiger partial charge in [0.25, 0.3) is 0 Å². The lowest BCUT2D eigenvalue weighted by Gasteiger charge is -2.20. The van der Waals surface area contributed by atoms with Crippen LogP contribution in [0.25, 0.3) is 0 Å². The smallest absolute Gasteiger partial charge is 0.131 e. The molecule has 0 amide bonds. The SMILES string of the molecule is COC[C@H]1CCN(Cc2cnc(C3CCCCC3)nc2)C1. The molecule has 1 saturated heterocycles. The van der Waals surface area contributed by atoms with Crippen LogP contribution in [0, 0.1) is 5.92 Å². The molecule has 0 unspecified atom stereocenters. The molecule has 1 atom stereocenters. The molecule has 4 heteroatoms. The van der Waals surface area contributed by atoms with Crippen LogP contribution >= 0.6 is 0 Å². The fraction of sp³-hybridized carbons (Fsp3) is 0.765. The van der Waals surface area contributed by atoms with Gasteiger partial charge < -0.3 is 4.74 Å². The van der Waals surface area contributed by atoms with E-state index in [1.54, 1.807) is 7.11 Å². The number of aromatic nitrogens is 2. The van der Waals surface area contributed by atoms with E-state index in [1.807, 2.05) is 12.4 Å². The monoisotopic (exact) mass is 289 g/mol. The Morgan fingerprint density at radius 1 is 1.14 bits per heavy atom. The Balaban J connectivity index is 1.52. The molecule has 0 radical (unpaired) electrons. The molecule has 1 aromatic rings. The number of rotatable bonds is 5. The minimum Gasteiger partial charge on any atom is -0.384 e. The Kier molecular flexibility index (Phi) is 5.20. The van der Waals surface area contributed by atoms with Crippen molar-refractivity contribution in [3.8, 4) is 0 Å². The van der Waals surface area contributed by atoms with Crippen LogP contribution in [0.5, 0.6) is 0 Å². The Morgan fingerprint density at radius 3 is 2.62 bits per heavy atom. The lowest BCUT2D eigenvalue weighted by molar-refractivity contribution is 0.152. The van der Waals surface area contributed by atoms with E-state index in [1.165, 1.54) is 50.6 Å². The Bertz CT molecular complexity index is 428. The number of hydrogen-bond donors (Lipinski definition) is 0. The number of ether oxygens (including phenoxy) is 1. The number of likely N-dealkylation sites (tertiary alicyclic amines) is 1. The molecule has 1 aliphatic carbocycles. The van der Waals surface area contributed by atoms with Gasteiger partial charge in [-0.1, -0.05) is 19.3 Å². The van der Waals surface area contributed by atoms with E-state index < -0.39 is 0 Å². The topological polar surface area (TPSA) is 38.2 Å². The predicted octanol–water partition coefficient (Wildman–Crippen LogP) is 2.99. The summed E-state index contributed by atoms with van der Waals surface area (Å²) in [6.45, 7) is 4.16. The van der Waals surface area contributed by atoms with Crippen molar-refractivity contribution in [1.82, 2.24) is 14.9 Å². The third-order valence-corrected chi connectivity index (χ3v) is 4.87. The minimum atomic E-state index is 0.602. The molecule has 1 aromatic heterocycles. The zero-order chi connectivity index (χ0) is 14.5. The van der Waals surface area contributed by atoms with Crippen LogP contribution in [-0.4, -0.2) is 41.7 Å². The van der Waals surface area contributed by atoms with Gasteiger partial charge >= 0.3 is 0 Å². The van der Waals surface area contributed by atoms with Crippen LogP contribution in [0.15, 0.2) is 12.4 Å². The molecule has 0 N–H and O–H groups in total. The first-order valence-electron chi connectivity index (χ1n) is 8.37. The Morgan fingerprint density at radius 2 is 1.90 bits per heavy atom. The highest BCUT2D eigenvalue weighted by atomic mass is 16.5. The summed E-state index contributed by atoms with van der Waals surface area (Å²) in [7, 11) is 1.79. The second kappa shape index (κ2) is 7.32. The first kappa shape index (κ1) is 14.9. The van der Waals surface area contributed by atoms with Crippen LogP contribution in [0.4, 0.5) is 0 Å². The Labute approximate surface area is 127 Å². The standard InChI is InChI=1S/C17H27N3O/c1-21-13-14-7-8-20(11-14)12-15-9-18-17(19-10-15)16-5-3-2-4-6-16/h9-10,14,16H,2-8,11-13H2,1H3/t14-/m0/s1. The summed E-state index contributed by atoms with van der Waals surface area (Å²) in [5.41, 5.74) is 1.24. The molecule has 3 rings (SSSR count). The van der Waals surface area contributed by atoms with Crippen LogP contribution in [-0.2, 0) is 11.3 Å². The zero-order valence-corrected chi connectivity index (χ0v) is 13.1. The van der Waals surface area contributed by atoms with Crippen molar-refractivity contribution < 1.29 is 4.74 Å². The zero-order valence-electron chi connectivity index (χ0n) is 13.1. The molecule has 2 fully saturated rings. The van der Waals surface area contributed by atoms with Gasteiger partial charge in [0.1, 0.15) is 5.82 Å². The van der Waals surface area contributed by atoms with E-state index in [-0.39, 0.29) is 0 Å². The van der Waals surface area contributed by atoms with Crippen molar-refractivity contribution >= 4 is 0 Å². The molecule has 21 heavy (non-hydrogen) atoms. The van der Waals surface area contributed by atoms with Crippen molar-refractivity contribution in [2.75, 3.05) is 26.8 Å². The number of methoxy groups -OCH3 is 1. The maximum atomic E-state index is 5.26. The molecule has 0 aromatic carbocycles. The van der Waals surface area contributed by atoms with E-state index in [4.69, 9.17) is 4.74 Å². The first-order chi connectivity index (χ1) is 10.3. The van der Waals surface area contributed by atoms with Gasteiger partial charge in [0.15, 0.2) is 0 Å². The number of hydrogen-bond acceptors (Lipinski definition) is 4. The van der Waals surface area contributed by atoms with Gasteiger partial charge in [0, 0.05) is 44.1 Å². The summed E-state index contributed by atoms with van der Waals surface area (Å²) < 4.78 is 5.26. The molecular weight excluding hydrogens is 262 g/mol. The van der Waals surface area contributed by atoms with Crippen molar-refractivity contribution in [2.45, 2.75) is 51.0 Å². The molecule has 116 valence electrons. The van der Waals surface area contributed by atoms with Gasteiger partial charge in [-0.15, -0.1) is 0 Å². The van der Waals surface area contributed by atoms with Crippen molar-refractivity contribution in [3.63, 3.8) is 0 Å². The average molecular weight is 289 g/mol. The summed E-state index contributed by atoms with van der Waals surface area (Å²) in [5.74, 6) is 2.36. The summed E-state index contributed by atoms with van der Waals surface area (Å²) in [6.07, 6.45) is 11.9. The largest absolute Gasteiger partial charge is 0.384 e. The normalized spacial score (nSPS) is 24.5. The third kappa shape index (κ3) is 4.01. The van der Waals surface area contributed by atoms with Crippen molar-refractivity contribution in [1.29, 1.82) is 0 Å². The van der Waals surface area contributed by atoms with E-state index in [0.29, 0.717) is 11.8 Å². The maximum absolute atomic E-state index is 5.26. The van der Waals surface area contributed by atoms with Crippen LogP contribution in [0.1, 0.15) is 55.8 Å². The highest BCUT2D eigenvalue weighted by Gasteiger charge is 2.23. The van der Waals surface area contributed by atoms with E-state index in [0.717, 1.165) is 25.5 Å². The first-order valence-corrected chi connectivity index (χ1v) is 8.37. The maximum Gasteiger partial charge on any atom is 0.131 e. The Hall–Kier alpha value is -1.00. The predicted molar refractivity (Wildman–Crippen MR) is 83.1 cm³/mol. The summed E-state index contributed by atoms with van der Waals surface area (Å²) in [5, 5.41) is 0. The lowest BCUT2D eigenvalue weighted by atomic mass is 9.89. The second-order valence-electron chi connectivity index (χ2n) is 6.63. The van der Waals surface area contributed by atoms with Gasteiger partial charge in [-0.2, -0.15) is 0 Å². The average Bonchev–Trinajstić information content (AvgIpc) is 2.97. The molecule has 1 saturated carbocycles. The van der Waals surface area contributed by atoms with Crippen molar-refractivity contribution in [2.24, 2.45) is 5.92 Å². The number of nitrogens with zero attached hydrogens (tertiary/aromatic N) is 3. The van der Waals surface area contributed by atoms with Crippen molar-refractivity contribution in [3.05, 3.63) is 23.8 Å². The summed E-state index contributed by atoms with van der Waals surface area (Å²) in [6, 6.07) is 0. The highest BCUT2D eigenvalue weighted by Crippen LogP contribution is 2.30.